The Morgan fingerprint density at radius 2 is 1.95 bits per heavy atom. The van der Waals surface area contributed by atoms with Crippen molar-refractivity contribution >= 4 is 10.0 Å². The molecule has 1 aromatic heterocycles. The highest BCUT2D eigenvalue weighted by Crippen LogP contribution is 2.15. The number of nitrogens with zero attached hydrogens (tertiary/aromatic N) is 2. The first-order valence-electron chi connectivity index (χ1n) is 5.89. The third kappa shape index (κ3) is 3.04. The molecule has 2 rings (SSSR count). The van der Waals surface area contributed by atoms with Gasteiger partial charge in [-0.1, -0.05) is 5.92 Å². The Morgan fingerprint density at radius 3 is 2.47 bits per heavy atom. The number of H-pyrrole nitrogens is 1. The number of pyridine rings is 1. The molecule has 0 atom stereocenters. The number of sulfonamides is 1. The number of hydrogen-bond acceptors (Lipinski definition) is 4. The molecule has 19 heavy (non-hydrogen) atoms. The summed E-state index contributed by atoms with van der Waals surface area (Å²) >= 11 is 0. The molecule has 1 aliphatic heterocycles. The second-order valence-corrected chi connectivity index (χ2v) is 6.21. The highest BCUT2D eigenvalue weighted by Gasteiger charge is 2.28. The molecule has 1 saturated heterocycles. The first kappa shape index (κ1) is 13.8. The van der Waals surface area contributed by atoms with Gasteiger partial charge in [-0.05, 0) is 6.07 Å². The van der Waals surface area contributed by atoms with Gasteiger partial charge in [0.25, 0.3) is 0 Å². The Labute approximate surface area is 112 Å². The van der Waals surface area contributed by atoms with Gasteiger partial charge in [-0.25, -0.2) is 8.42 Å². The van der Waals surface area contributed by atoms with Crippen LogP contribution in [-0.4, -0.2) is 55.3 Å². The lowest BCUT2D eigenvalue weighted by Crippen LogP contribution is -2.48. The Kier molecular flexibility index (Phi) is 4.04. The molecule has 1 aromatic rings. The predicted octanol–water partition coefficient (Wildman–Crippen LogP) is -0.686. The second-order valence-electron chi connectivity index (χ2n) is 4.27. The van der Waals surface area contributed by atoms with Crippen LogP contribution in [0.15, 0.2) is 28.0 Å². The van der Waals surface area contributed by atoms with Crippen LogP contribution in [0, 0.1) is 12.3 Å². The lowest BCUT2D eigenvalue weighted by atomic mass is 10.4. The normalized spacial score (nSPS) is 18.1. The summed E-state index contributed by atoms with van der Waals surface area (Å²) in [6.07, 6.45) is 6.46. The van der Waals surface area contributed by atoms with Crippen LogP contribution >= 0.6 is 0 Å². The van der Waals surface area contributed by atoms with E-state index in [9.17, 15) is 13.2 Å². The van der Waals surface area contributed by atoms with Crippen molar-refractivity contribution in [3.05, 3.63) is 28.7 Å². The van der Waals surface area contributed by atoms with Crippen molar-refractivity contribution in [1.82, 2.24) is 14.2 Å². The lowest BCUT2D eigenvalue weighted by molar-refractivity contribution is 0.207. The molecule has 0 unspecified atom stereocenters. The summed E-state index contributed by atoms with van der Waals surface area (Å²) in [5.41, 5.74) is -0.321. The first-order chi connectivity index (χ1) is 9.04. The van der Waals surface area contributed by atoms with Crippen molar-refractivity contribution in [2.24, 2.45) is 0 Å². The predicted molar refractivity (Wildman–Crippen MR) is 71.1 cm³/mol. The van der Waals surface area contributed by atoms with E-state index in [0.29, 0.717) is 32.7 Å². The zero-order chi connectivity index (χ0) is 13.9. The van der Waals surface area contributed by atoms with E-state index in [1.165, 1.54) is 22.6 Å². The van der Waals surface area contributed by atoms with Crippen LogP contribution in [0.3, 0.4) is 0 Å². The lowest BCUT2D eigenvalue weighted by Gasteiger charge is -2.32. The maximum absolute atomic E-state index is 12.3. The van der Waals surface area contributed by atoms with Crippen LogP contribution in [0.5, 0.6) is 0 Å². The van der Waals surface area contributed by atoms with Gasteiger partial charge in [-0.2, -0.15) is 4.31 Å². The molecule has 7 heteroatoms. The summed E-state index contributed by atoms with van der Waals surface area (Å²) in [7, 11) is -3.53. The van der Waals surface area contributed by atoms with Crippen LogP contribution in [-0.2, 0) is 10.0 Å². The fourth-order valence-electron chi connectivity index (χ4n) is 1.96. The summed E-state index contributed by atoms with van der Waals surface area (Å²) in [6.45, 7) is 2.58. The van der Waals surface area contributed by atoms with Gasteiger partial charge in [-0.3, -0.25) is 9.69 Å². The van der Waals surface area contributed by atoms with E-state index in [-0.39, 0.29) is 10.5 Å². The van der Waals surface area contributed by atoms with Gasteiger partial charge in [0.05, 0.1) is 11.4 Å². The summed E-state index contributed by atoms with van der Waals surface area (Å²) in [5, 5.41) is 0. The third-order valence-corrected chi connectivity index (χ3v) is 4.93. The van der Waals surface area contributed by atoms with Gasteiger partial charge in [0, 0.05) is 38.4 Å². The molecule has 1 aliphatic rings. The van der Waals surface area contributed by atoms with Gasteiger partial charge in [0.1, 0.15) is 0 Å². The summed E-state index contributed by atoms with van der Waals surface area (Å²) < 4.78 is 26.0. The molecule has 0 saturated carbocycles. The molecule has 0 spiro atoms. The summed E-state index contributed by atoms with van der Waals surface area (Å²) in [6, 6.07) is 2.53. The summed E-state index contributed by atoms with van der Waals surface area (Å²) in [5.74, 6) is 2.55. The average Bonchev–Trinajstić information content (AvgIpc) is 2.40. The quantitative estimate of drug-likeness (QED) is 0.745. The van der Waals surface area contributed by atoms with Gasteiger partial charge >= 0.3 is 0 Å². The number of aromatic amines is 1. The van der Waals surface area contributed by atoms with Crippen LogP contribution < -0.4 is 5.56 Å². The van der Waals surface area contributed by atoms with E-state index >= 15 is 0 Å². The Bertz CT molecular complexity index is 616. The van der Waals surface area contributed by atoms with E-state index in [2.05, 4.69) is 10.9 Å². The van der Waals surface area contributed by atoms with Gasteiger partial charge in [0.15, 0.2) is 0 Å². The number of rotatable bonds is 3. The van der Waals surface area contributed by atoms with Crippen molar-refractivity contribution < 1.29 is 8.42 Å². The minimum Gasteiger partial charge on any atom is -0.328 e. The minimum absolute atomic E-state index is 0.109. The molecule has 6 nitrogen and oxygen atoms in total. The molecule has 0 aromatic carbocycles. The van der Waals surface area contributed by atoms with E-state index < -0.39 is 10.0 Å². The number of aromatic nitrogens is 1. The molecule has 0 aliphatic carbocycles. The van der Waals surface area contributed by atoms with E-state index in [1.807, 2.05) is 4.90 Å². The van der Waals surface area contributed by atoms with E-state index in [4.69, 9.17) is 6.42 Å². The maximum Gasteiger partial charge on any atom is 0.247 e. The highest BCUT2D eigenvalue weighted by molar-refractivity contribution is 7.89. The Balaban J connectivity index is 2.12. The molecule has 2 heterocycles. The maximum atomic E-state index is 12.3. The van der Waals surface area contributed by atoms with E-state index in [0.717, 1.165) is 0 Å². The number of hydrogen-bond donors (Lipinski definition) is 1. The fourth-order valence-corrected chi connectivity index (χ4v) is 3.35. The average molecular weight is 281 g/mol. The van der Waals surface area contributed by atoms with Crippen LogP contribution in [0.2, 0.25) is 0 Å². The molecule has 0 amide bonds. The number of nitrogens with one attached hydrogen (secondary N) is 1. The summed E-state index contributed by atoms with van der Waals surface area (Å²) in [4.78, 5) is 15.5. The highest BCUT2D eigenvalue weighted by atomic mass is 32.2. The monoisotopic (exact) mass is 281 g/mol. The zero-order valence-electron chi connectivity index (χ0n) is 10.4. The van der Waals surface area contributed by atoms with Crippen molar-refractivity contribution in [2.75, 3.05) is 32.7 Å². The topological polar surface area (TPSA) is 73.5 Å². The number of piperazine rings is 1. The SMILES string of the molecule is C#CCN1CCN(S(=O)(=O)c2ccc(=O)[nH]c2)CC1. The molecule has 1 N–H and O–H groups in total. The van der Waals surface area contributed by atoms with Crippen LogP contribution in [0.25, 0.3) is 0 Å². The van der Waals surface area contributed by atoms with Gasteiger partial charge < -0.3 is 4.98 Å². The van der Waals surface area contributed by atoms with Gasteiger partial charge in [-0.15, -0.1) is 6.42 Å². The van der Waals surface area contributed by atoms with Crippen molar-refractivity contribution in [1.29, 1.82) is 0 Å². The Morgan fingerprint density at radius 1 is 1.26 bits per heavy atom. The van der Waals surface area contributed by atoms with Crippen LogP contribution in [0.4, 0.5) is 0 Å². The van der Waals surface area contributed by atoms with Crippen molar-refractivity contribution in [3.63, 3.8) is 0 Å². The fraction of sp³-hybridized carbons (Fsp3) is 0.417. The largest absolute Gasteiger partial charge is 0.328 e. The second kappa shape index (κ2) is 5.57. The van der Waals surface area contributed by atoms with E-state index in [1.54, 1.807) is 0 Å². The van der Waals surface area contributed by atoms with Crippen LogP contribution in [0.1, 0.15) is 0 Å². The Hall–Kier alpha value is -1.62. The smallest absolute Gasteiger partial charge is 0.247 e. The van der Waals surface area contributed by atoms with Crippen molar-refractivity contribution in [3.8, 4) is 12.3 Å². The standard InChI is InChI=1S/C12H15N3O3S/c1-2-5-14-6-8-15(9-7-14)19(17,18)11-3-4-12(16)13-10-11/h1,3-4,10H,5-9H2,(H,13,16). The first-order valence-corrected chi connectivity index (χ1v) is 7.33. The minimum atomic E-state index is -3.53. The molecule has 102 valence electrons. The molecular weight excluding hydrogens is 266 g/mol. The zero-order valence-corrected chi connectivity index (χ0v) is 11.2. The molecule has 0 bridgehead atoms. The number of terminal acetylenes is 1. The molecule has 0 radical (unpaired) electrons. The molecular formula is C12H15N3O3S. The van der Waals surface area contributed by atoms with Crippen molar-refractivity contribution in [2.45, 2.75) is 4.90 Å². The molecule has 1 fully saturated rings. The van der Waals surface area contributed by atoms with Gasteiger partial charge in [0.2, 0.25) is 15.6 Å². The third-order valence-electron chi connectivity index (χ3n) is 3.04.